The predicted octanol–water partition coefficient (Wildman–Crippen LogP) is 1.58. The number of primary amides is 1. The number of nitrogens with one attached hydrogen (secondary N) is 1. The molecule has 1 aromatic carbocycles. The van der Waals surface area contributed by atoms with Crippen molar-refractivity contribution >= 4 is 5.91 Å². The largest absolute Gasteiger partial charge is 0.401 e. The lowest BCUT2D eigenvalue weighted by Gasteiger charge is -2.09. The second-order valence-corrected chi connectivity index (χ2v) is 3.39. The van der Waals surface area contributed by atoms with Crippen molar-refractivity contribution in [1.29, 1.82) is 0 Å². The third-order valence-electron chi connectivity index (χ3n) is 1.97. The fraction of sp³-hybridized carbons (Fsp3) is 0.300. The van der Waals surface area contributed by atoms with Crippen LogP contribution in [0.2, 0.25) is 0 Å². The van der Waals surface area contributed by atoms with Crippen LogP contribution in [-0.2, 0) is 6.54 Å². The van der Waals surface area contributed by atoms with Gasteiger partial charge in [-0.1, -0.05) is 0 Å². The van der Waals surface area contributed by atoms with E-state index in [1.54, 1.807) is 0 Å². The minimum Gasteiger partial charge on any atom is -0.366 e. The van der Waals surface area contributed by atoms with Crippen molar-refractivity contribution in [2.75, 3.05) is 6.54 Å². The molecule has 0 unspecified atom stereocenters. The Morgan fingerprint density at radius 1 is 1.35 bits per heavy atom. The number of hydrogen-bond acceptors (Lipinski definition) is 2. The first-order valence-corrected chi connectivity index (χ1v) is 4.65. The molecule has 3 N–H and O–H groups in total. The minimum atomic E-state index is -4.36. The number of rotatable bonds is 4. The molecule has 0 bridgehead atoms. The summed E-state index contributed by atoms with van der Waals surface area (Å²) in [4.78, 5) is 10.8. The molecule has 0 aliphatic rings. The van der Waals surface area contributed by atoms with Gasteiger partial charge in [-0.25, -0.2) is 4.39 Å². The van der Waals surface area contributed by atoms with Crippen molar-refractivity contribution < 1.29 is 22.4 Å². The summed E-state index contributed by atoms with van der Waals surface area (Å²) in [5, 5.41) is 2.03. The zero-order valence-corrected chi connectivity index (χ0v) is 8.64. The summed E-state index contributed by atoms with van der Waals surface area (Å²) in [5.41, 5.74) is 4.98. The second-order valence-electron chi connectivity index (χ2n) is 3.39. The molecule has 0 atom stereocenters. The van der Waals surface area contributed by atoms with E-state index in [1.807, 2.05) is 5.32 Å². The van der Waals surface area contributed by atoms with E-state index in [9.17, 15) is 22.4 Å². The minimum absolute atomic E-state index is 0.0365. The second kappa shape index (κ2) is 5.13. The van der Waals surface area contributed by atoms with Gasteiger partial charge in [-0.15, -0.1) is 0 Å². The van der Waals surface area contributed by atoms with Crippen LogP contribution in [0.4, 0.5) is 17.6 Å². The highest BCUT2D eigenvalue weighted by atomic mass is 19.4. The smallest absolute Gasteiger partial charge is 0.366 e. The molecule has 0 heterocycles. The zero-order valence-electron chi connectivity index (χ0n) is 8.64. The van der Waals surface area contributed by atoms with Crippen molar-refractivity contribution in [2.45, 2.75) is 12.7 Å². The lowest BCUT2D eigenvalue weighted by Crippen LogP contribution is -2.28. The number of benzene rings is 1. The number of carbonyl (C=O) groups excluding carboxylic acids is 1. The lowest BCUT2D eigenvalue weighted by molar-refractivity contribution is -0.125. The normalized spacial score (nSPS) is 11.5. The molecule has 1 amide bonds. The van der Waals surface area contributed by atoms with Gasteiger partial charge in [0.15, 0.2) is 0 Å². The number of alkyl halides is 3. The molecular weight excluding hydrogens is 240 g/mol. The first kappa shape index (κ1) is 13.4. The van der Waals surface area contributed by atoms with Gasteiger partial charge in [0.25, 0.3) is 0 Å². The van der Waals surface area contributed by atoms with E-state index in [2.05, 4.69) is 0 Å². The summed E-state index contributed by atoms with van der Waals surface area (Å²) in [6.07, 6.45) is -4.36. The van der Waals surface area contributed by atoms with E-state index in [-0.39, 0.29) is 17.7 Å². The molecule has 0 fully saturated rings. The lowest BCUT2D eigenvalue weighted by atomic mass is 10.1. The average molecular weight is 250 g/mol. The Balaban J connectivity index is 2.70. The molecule has 3 nitrogen and oxygen atoms in total. The number of nitrogens with two attached hydrogens (primary N) is 1. The van der Waals surface area contributed by atoms with Crippen molar-refractivity contribution in [3.63, 3.8) is 0 Å². The number of carbonyl (C=O) groups is 1. The van der Waals surface area contributed by atoms with Crippen molar-refractivity contribution in [3.8, 4) is 0 Å². The Morgan fingerprint density at radius 2 is 2.00 bits per heavy atom. The Labute approximate surface area is 94.6 Å². The maximum atomic E-state index is 13.2. The van der Waals surface area contributed by atoms with E-state index < -0.39 is 24.4 Å². The molecule has 0 aliphatic carbocycles. The zero-order chi connectivity index (χ0) is 13.1. The van der Waals surface area contributed by atoms with Crippen LogP contribution in [0.25, 0.3) is 0 Å². The highest BCUT2D eigenvalue weighted by Crippen LogP contribution is 2.14. The monoisotopic (exact) mass is 250 g/mol. The first-order chi connectivity index (χ1) is 7.79. The fourth-order valence-corrected chi connectivity index (χ4v) is 1.20. The van der Waals surface area contributed by atoms with Crippen LogP contribution in [-0.4, -0.2) is 18.6 Å². The van der Waals surface area contributed by atoms with Crippen LogP contribution in [0.15, 0.2) is 18.2 Å². The van der Waals surface area contributed by atoms with Crippen LogP contribution < -0.4 is 11.1 Å². The van der Waals surface area contributed by atoms with Gasteiger partial charge in [0.05, 0.1) is 6.54 Å². The molecule has 17 heavy (non-hydrogen) atoms. The third-order valence-corrected chi connectivity index (χ3v) is 1.97. The van der Waals surface area contributed by atoms with Gasteiger partial charge in [0.2, 0.25) is 5.91 Å². The van der Waals surface area contributed by atoms with Gasteiger partial charge in [0.1, 0.15) is 5.82 Å². The Kier molecular flexibility index (Phi) is 4.06. The summed E-state index contributed by atoms with van der Waals surface area (Å²) in [6.45, 7) is -1.56. The van der Waals surface area contributed by atoms with Crippen molar-refractivity contribution in [2.24, 2.45) is 5.73 Å². The Bertz CT molecular complexity index is 417. The van der Waals surface area contributed by atoms with Crippen LogP contribution in [0, 0.1) is 5.82 Å². The van der Waals surface area contributed by atoms with Crippen molar-refractivity contribution in [1.82, 2.24) is 5.32 Å². The SMILES string of the molecule is NC(=O)c1ccc(F)c(CNCC(F)(F)F)c1. The molecule has 94 valence electrons. The molecule has 0 aromatic heterocycles. The molecule has 0 saturated heterocycles. The number of amides is 1. The quantitative estimate of drug-likeness (QED) is 0.797. The van der Waals surface area contributed by atoms with Crippen molar-refractivity contribution in [3.05, 3.63) is 35.1 Å². The third kappa shape index (κ3) is 4.39. The molecule has 0 saturated carbocycles. The Morgan fingerprint density at radius 3 is 2.53 bits per heavy atom. The molecule has 1 rings (SSSR count). The van der Waals surface area contributed by atoms with E-state index in [0.29, 0.717) is 0 Å². The maximum absolute atomic E-state index is 13.2. The summed E-state index contributed by atoms with van der Waals surface area (Å²) >= 11 is 0. The predicted molar refractivity (Wildman–Crippen MR) is 52.7 cm³/mol. The van der Waals surface area contributed by atoms with Crippen LogP contribution in [0.5, 0.6) is 0 Å². The van der Waals surface area contributed by atoms with Crippen LogP contribution >= 0.6 is 0 Å². The summed E-state index contributed by atoms with van der Waals surface area (Å²) < 4.78 is 48.7. The van der Waals surface area contributed by atoms with E-state index in [4.69, 9.17) is 5.73 Å². The molecule has 0 aliphatic heterocycles. The van der Waals surface area contributed by atoms with E-state index in [0.717, 1.165) is 12.1 Å². The van der Waals surface area contributed by atoms with Crippen LogP contribution in [0.1, 0.15) is 15.9 Å². The fourth-order valence-electron chi connectivity index (χ4n) is 1.20. The molecule has 0 radical (unpaired) electrons. The van der Waals surface area contributed by atoms with Gasteiger partial charge >= 0.3 is 6.18 Å². The van der Waals surface area contributed by atoms with E-state index in [1.165, 1.54) is 6.07 Å². The van der Waals surface area contributed by atoms with Gasteiger partial charge in [-0.2, -0.15) is 13.2 Å². The number of halogens is 4. The molecule has 1 aromatic rings. The van der Waals surface area contributed by atoms with Crippen LogP contribution in [0.3, 0.4) is 0 Å². The average Bonchev–Trinajstić information content (AvgIpc) is 2.18. The van der Waals surface area contributed by atoms with Gasteiger partial charge in [-0.05, 0) is 18.2 Å². The van der Waals surface area contributed by atoms with Gasteiger partial charge in [-0.3, -0.25) is 4.79 Å². The number of hydrogen-bond donors (Lipinski definition) is 2. The summed E-state index contributed by atoms with van der Waals surface area (Å²) in [6, 6.07) is 3.29. The highest BCUT2D eigenvalue weighted by molar-refractivity contribution is 5.92. The molecular formula is C10H10F4N2O. The molecule has 7 heteroatoms. The first-order valence-electron chi connectivity index (χ1n) is 4.65. The molecule has 0 spiro atoms. The maximum Gasteiger partial charge on any atom is 0.401 e. The summed E-state index contributed by atoms with van der Waals surface area (Å²) in [5.74, 6) is -1.45. The van der Waals surface area contributed by atoms with E-state index >= 15 is 0 Å². The Hall–Kier alpha value is -1.63. The van der Waals surface area contributed by atoms with Gasteiger partial charge < -0.3 is 11.1 Å². The van der Waals surface area contributed by atoms with Gasteiger partial charge in [0, 0.05) is 17.7 Å². The summed E-state index contributed by atoms with van der Waals surface area (Å²) in [7, 11) is 0. The highest BCUT2D eigenvalue weighted by Gasteiger charge is 2.26. The topological polar surface area (TPSA) is 55.1 Å². The standard InChI is InChI=1S/C10H10F4N2O/c11-8-2-1-6(9(15)17)3-7(8)4-16-5-10(12,13)14/h1-3,16H,4-5H2,(H2,15,17).